The van der Waals surface area contributed by atoms with Gasteiger partial charge in [-0.2, -0.15) is 0 Å². The lowest BCUT2D eigenvalue weighted by Crippen LogP contribution is -2.51. The van der Waals surface area contributed by atoms with Crippen LogP contribution in [0.1, 0.15) is 38.7 Å². The van der Waals surface area contributed by atoms with E-state index in [9.17, 15) is 19.2 Å². The van der Waals surface area contributed by atoms with E-state index in [4.69, 9.17) is 9.84 Å². The SMILES string of the molecule is CCCC[C@@H](NC(=O)[C@@H](C)NC(=O)CNC(=O)OCc1ccccc1)C(=O)O. The monoisotopic (exact) mass is 393 g/mol. The van der Waals surface area contributed by atoms with Crippen molar-refractivity contribution in [1.82, 2.24) is 16.0 Å². The fourth-order valence-electron chi connectivity index (χ4n) is 2.25. The molecule has 0 aliphatic heterocycles. The summed E-state index contributed by atoms with van der Waals surface area (Å²) in [6, 6.07) is 7.11. The number of rotatable bonds is 11. The first-order valence-corrected chi connectivity index (χ1v) is 9.10. The van der Waals surface area contributed by atoms with Gasteiger partial charge in [0.2, 0.25) is 11.8 Å². The van der Waals surface area contributed by atoms with Gasteiger partial charge in [-0.25, -0.2) is 9.59 Å². The molecule has 0 heterocycles. The van der Waals surface area contributed by atoms with Crippen LogP contribution in [0.5, 0.6) is 0 Å². The van der Waals surface area contributed by atoms with Gasteiger partial charge < -0.3 is 25.8 Å². The molecule has 0 aromatic heterocycles. The van der Waals surface area contributed by atoms with Crippen molar-refractivity contribution in [3.8, 4) is 0 Å². The average molecular weight is 393 g/mol. The molecule has 1 aromatic carbocycles. The minimum Gasteiger partial charge on any atom is -0.480 e. The summed E-state index contributed by atoms with van der Waals surface area (Å²) in [5.41, 5.74) is 0.809. The topological polar surface area (TPSA) is 134 Å². The molecule has 0 unspecified atom stereocenters. The lowest BCUT2D eigenvalue weighted by Gasteiger charge is -2.18. The quantitative estimate of drug-likeness (QED) is 0.446. The van der Waals surface area contributed by atoms with E-state index in [0.29, 0.717) is 12.8 Å². The van der Waals surface area contributed by atoms with Crippen LogP contribution >= 0.6 is 0 Å². The van der Waals surface area contributed by atoms with E-state index >= 15 is 0 Å². The van der Waals surface area contributed by atoms with Crippen LogP contribution in [0.3, 0.4) is 0 Å². The Kier molecular flexibility index (Phi) is 10.1. The summed E-state index contributed by atoms with van der Waals surface area (Å²) < 4.78 is 4.97. The van der Waals surface area contributed by atoms with Crippen LogP contribution in [0.15, 0.2) is 30.3 Å². The van der Waals surface area contributed by atoms with Crippen LogP contribution < -0.4 is 16.0 Å². The van der Waals surface area contributed by atoms with Crippen LogP contribution in [0.4, 0.5) is 4.79 Å². The Morgan fingerprint density at radius 3 is 2.39 bits per heavy atom. The first-order chi connectivity index (χ1) is 13.3. The normalized spacial score (nSPS) is 12.4. The van der Waals surface area contributed by atoms with Gasteiger partial charge in [0.1, 0.15) is 25.2 Å². The number of carboxylic acid groups (broad SMARTS) is 1. The molecule has 0 bridgehead atoms. The average Bonchev–Trinajstić information content (AvgIpc) is 2.68. The smallest absolute Gasteiger partial charge is 0.407 e. The van der Waals surface area contributed by atoms with Crippen molar-refractivity contribution in [2.75, 3.05) is 6.54 Å². The lowest BCUT2D eigenvalue weighted by atomic mass is 10.1. The molecule has 1 aromatic rings. The highest BCUT2D eigenvalue weighted by atomic mass is 16.5. The Balaban J connectivity index is 2.33. The first kappa shape index (κ1) is 22.9. The second-order valence-corrected chi connectivity index (χ2v) is 6.25. The summed E-state index contributed by atoms with van der Waals surface area (Å²) in [5.74, 6) is -2.33. The third-order valence-corrected chi connectivity index (χ3v) is 3.84. The van der Waals surface area contributed by atoms with Crippen molar-refractivity contribution in [3.05, 3.63) is 35.9 Å². The van der Waals surface area contributed by atoms with Crippen LogP contribution in [0.25, 0.3) is 0 Å². The zero-order valence-corrected chi connectivity index (χ0v) is 16.1. The van der Waals surface area contributed by atoms with Crippen molar-refractivity contribution in [1.29, 1.82) is 0 Å². The maximum atomic E-state index is 12.1. The number of alkyl carbamates (subject to hydrolysis) is 1. The maximum absolute atomic E-state index is 12.1. The number of carbonyl (C=O) groups is 4. The molecule has 4 N–H and O–H groups in total. The van der Waals surface area contributed by atoms with Crippen LogP contribution in [-0.2, 0) is 25.7 Å². The standard InChI is InChI=1S/C19H27N3O6/c1-3-4-10-15(18(25)26)22-17(24)13(2)21-16(23)11-20-19(27)28-12-14-8-6-5-7-9-14/h5-9,13,15H,3-4,10-12H2,1-2H3,(H,20,27)(H,21,23)(H,22,24)(H,25,26)/t13-,15-/m1/s1. The molecule has 3 amide bonds. The number of carbonyl (C=O) groups excluding carboxylic acids is 3. The third-order valence-electron chi connectivity index (χ3n) is 3.84. The summed E-state index contributed by atoms with van der Waals surface area (Å²) >= 11 is 0. The van der Waals surface area contributed by atoms with Gasteiger partial charge in [-0.1, -0.05) is 50.1 Å². The van der Waals surface area contributed by atoms with Gasteiger partial charge in [-0.3, -0.25) is 9.59 Å². The van der Waals surface area contributed by atoms with Gasteiger partial charge in [-0.05, 0) is 18.9 Å². The second kappa shape index (κ2) is 12.3. The molecule has 0 spiro atoms. The summed E-state index contributed by atoms with van der Waals surface area (Å²) in [6.45, 7) is 3.05. The molecule has 2 atom stereocenters. The molecule has 9 heteroatoms. The number of ether oxygens (including phenoxy) is 1. The number of hydrogen-bond acceptors (Lipinski definition) is 5. The minimum absolute atomic E-state index is 0.0709. The number of aliphatic carboxylic acids is 1. The fraction of sp³-hybridized carbons (Fsp3) is 0.474. The first-order valence-electron chi connectivity index (χ1n) is 9.10. The Bertz CT molecular complexity index is 665. The van der Waals surface area contributed by atoms with Gasteiger partial charge in [0.15, 0.2) is 0 Å². The number of nitrogens with one attached hydrogen (secondary N) is 3. The predicted molar refractivity (Wildman–Crippen MR) is 101 cm³/mol. The largest absolute Gasteiger partial charge is 0.480 e. The van der Waals surface area contributed by atoms with Gasteiger partial charge in [0, 0.05) is 0 Å². The van der Waals surface area contributed by atoms with E-state index in [0.717, 1.165) is 12.0 Å². The van der Waals surface area contributed by atoms with E-state index in [1.165, 1.54) is 6.92 Å². The summed E-state index contributed by atoms with van der Waals surface area (Å²) in [6.07, 6.45) is 1.01. The zero-order chi connectivity index (χ0) is 20.9. The lowest BCUT2D eigenvalue weighted by molar-refractivity contribution is -0.142. The molecule has 154 valence electrons. The number of carboxylic acids is 1. The van der Waals surface area contributed by atoms with Gasteiger partial charge >= 0.3 is 12.1 Å². The minimum atomic E-state index is -1.12. The van der Waals surface area contributed by atoms with Crippen LogP contribution in [0, 0.1) is 0 Å². The maximum Gasteiger partial charge on any atom is 0.407 e. The van der Waals surface area contributed by atoms with Gasteiger partial charge in [-0.15, -0.1) is 0 Å². The van der Waals surface area contributed by atoms with E-state index in [1.807, 2.05) is 25.1 Å². The fourth-order valence-corrected chi connectivity index (χ4v) is 2.25. The Hall–Kier alpha value is -3.10. The molecule has 0 saturated heterocycles. The van der Waals surface area contributed by atoms with E-state index in [-0.39, 0.29) is 13.2 Å². The summed E-state index contributed by atoms with van der Waals surface area (Å²) in [5, 5.41) is 16.2. The Labute approximate surface area is 163 Å². The molecule has 0 radical (unpaired) electrons. The van der Waals surface area contributed by atoms with E-state index in [2.05, 4.69) is 16.0 Å². The Morgan fingerprint density at radius 2 is 1.79 bits per heavy atom. The van der Waals surface area contributed by atoms with Gasteiger partial charge in [0.05, 0.1) is 0 Å². The van der Waals surface area contributed by atoms with E-state index in [1.54, 1.807) is 12.1 Å². The van der Waals surface area contributed by atoms with Crippen molar-refractivity contribution in [2.45, 2.75) is 51.8 Å². The van der Waals surface area contributed by atoms with Crippen LogP contribution in [-0.4, -0.2) is 47.6 Å². The number of benzene rings is 1. The molecule has 0 saturated carbocycles. The van der Waals surface area contributed by atoms with Crippen molar-refractivity contribution in [2.24, 2.45) is 0 Å². The highest BCUT2D eigenvalue weighted by molar-refractivity contribution is 5.91. The molecule has 0 fully saturated rings. The van der Waals surface area contributed by atoms with Crippen LogP contribution in [0.2, 0.25) is 0 Å². The number of amides is 3. The predicted octanol–water partition coefficient (Wildman–Crippen LogP) is 1.18. The molecule has 0 aliphatic rings. The second-order valence-electron chi connectivity index (χ2n) is 6.25. The van der Waals surface area contributed by atoms with Crippen molar-refractivity contribution >= 4 is 23.9 Å². The number of unbranched alkanes of at least 4 members (excludes halogenated alkanes) is 1. The molecule has 28 heavy (non-hydrogen) atoms. The molecule has 9 nitrogen and oxygen atoms in total. The third kappa shape index (κ3) is 9.02. The highest BCUT2D eigenvalue weighted by Crippen LogP contribution is 2.02. The summed E-state index contributed by atoms with van der Waals surface area (Å²) in [7, 11) is 0. The molecule has 1 rings (SSSR count). The molecule has 0 aliphatic carbocycles. The zero-order valence-electron chi connectivity index (χ0n) is 16.1. The summed E-state index contributed by atoms with van der Waals surface area (Å²) in [4.78, 5) is 46.7. The highest BCUT2D eigenvalue weighted by Gasteiger charge is 2.23. The van der Waals surface area contributed by atoms with Gasteiger partial charge in [0.25, 0.3) is 0 Å². The number of hydrogen-bond donors (Lipinski definition) is 4. The van der Waals surface area contributed by atoms with E-state index < -0.39 is 36.0 Å². The molecular weight excluding hydrogens is 366 g/mol. The van der Waals surface area contributed by atoms with Crippen molar-refractivity contribution in [3.63, 3.8) is 0 Å². The Morgan fingerprint density at radius 1 is 1.11 bits per heavy atom. The van der Waals surface area contributed by atoms with Crippen molar-refractivity contribution < 1.29 is 29.0 Å². The molecular formula is C19H27N3O6.